The van der Waals surface area contributed by atoms with Crippen LogP contribution in [0.25, 0.3) is 0 Å². The van der Waals surface area contributed by atoms with Crippen LogP contribution < -0.4 is 25.0 Å². The third-order valence-electron chi connectivity index (χ3n) is 6.27. The van der Waals surface area contributed by atoms with Crippen molar-refractivity contribution in [3.05, 3.63) is 76.0 Å². The van der Waals surface area contributed by atoms with E-state index in [2.05, 4.69) is 10.6 Å². The Morgan fingerprint density at radius 2 is 1.79 bits per heavy atom. The summed E-state index contributed by atoms with van der Waals surface area (Å²) in [6.07, 6.45) is 0.683. The van der Waals surface area contributed by atoms with Gasteiger partial charge in [-0.05, 0) is 74.0 Å². The minimum absolute atomic E-state index is 0.321. The monoisotopic (exact) mass is 537 g/mol. The minimum atomic E-state index is -1.07. The number of methoxy groups -OCH3 is 2. The normalized spacial score (nSPS) is 11.8. The van der Waals surface area contributed by atoms with Crippen molar-refractivity contribution in [1.82, 2.24) is 10.6 Å². The molecule has 0 aliphatic rings. The lowest BCUT2D eigenvalue weighted by molar-refractivity contribution is -0.127. The molecule has 0 saturated carbocycles. The first kappa shape index (κ1) is 28.7. The van der Waals surface area contributed by atoms with Gasteiger partial charge in [0.15, 0.2) is 0 Å². The van der Waals surface area contributed by atoms with E-state index < -0.39 is 17.5 Å². The van der Waals surface area contributed by atoms with Gasteiger partial charge in [-0.2, -0.15) is 0 Å². The van der Waals surface area contributed by atoms with Crippen molar-refractivity contribution in [2.24, 2.45) is 0 Å². The first-order valence-corrected chi connectivity index (χ1v) is 13.2. The fraction of sp³-hybridized carbons (Fsp3) is 0.345. The van der Waals surface area contributed by atoms with Crippen LogP contribution in [0.4, 0.5) is 5.69 Å². The van der Waals surface area contributed by atoms with Gasteiger partial charge in [-0.3, -0.25) is 19.3 Å². The molecule has 0 fully saturated rings. The van der Waals surface area contributed by atoms with Crippen LogP contribution >= 0.6 is 11.3 Å². The standard InChI is InChI=1S/C29H35N3O5S/c1-7-29(3,4)31-28(35)26(20-10-8-11-21(17-20)36-5)32(22-16-19(2)13-14-23(22)37-6)25(33)18-30-27(34)24-12-9-15-38-24/h8-17,26H,7,18H2,1-6H3,(H,30,34)(H,31,35)/t26-/m1/s1. The van der Waals surface area contributed by atoms with E-state index in [-0.39, 0.29) is 18.4 Å². The zero-order valence-corrected chi connectivity index (χ0v) is 23.5. The average molecular weight is 538 g/mol. The van der Waals surface area contributed by atoms with Gasteiger partial charge >= 0.3 is 0 Å². The maximum Gasteiger partial charge on any atom is 0.261 e. The van der Waals surface area contributed by atoms with E-state index in [4.69, 9.17) is 9.47 Å². The first-order chi connectivity index (χ1) is 18.1. The smallest absolute Gasteiger partial charge is 0.261 e. The fourth-order valence-electron chi connectivity index (χ4n) is 3.86. The molecule has 0 spiro atoms. The summed E-state index contributed by atoms with van der Waals surface area (Å²) in [5.41, 5.74) is 1.32. The Kier molecular flexibility index (Phi) is 9.52. The summed E-state index contributed by atoms with van der Waals surface area (Å²) >= 11 is 1.28. The highest BCUT2D eigenvalue weighted by Gasteiger charge is 2.36. The number of carbonyl (C=O) groups is 3. The zero-order chi connectivity index (χ0) is 27.9. The zero-order valence-electron chi connectivity index (χ0n) is 22.7. The Hall–Kier alpha value is -3.85. The Balaban J connectivity index is 2.14. The van der Waals surface area contributed by atoms with Crippen LogP contribution in [-0.2, 0) is 9.59 Å². The summed E-state index contributed by atoms with van der Waals surface area (Å²) in [4.78, 5) is 42.5. The van der Waals surface area contributed by atoms with E-state index in [0.717, 1.165) is 5.56 Å². The molecule has 0 saturated heterocycles. The molecule has 0 radical (unpaired) electrons. The molecule has 3 aromatic rings. The van der Waals surface area contributed by atoms with Crippen LogP contribution in [-0.4, -0.2) is 44.0 Å². The summed E-state index contributed by atoms with van der Waals surface area (Å²) in [6, 6.07) is 14.9. The maximum absolute atomic E-state index is 14.0. The molecule has 8 nitrogen and oxygen atoms in total. The van der Waals surface area contributed by atoms with Gasteiger partial charge in [-0.15, -0.1) is 11.3 Å². The molecule has 3 amide bonds. The predicted molar refractivity (Wildman–Crippen MR) is 150 cm³/mol. The number of benzene rings is 2. The quantitative estimate of drug-likeness (QED) is 0.363. The number of thiophene rings is 1. The molecule has 1 aromatic heterocycles. The summed E-state index contributed by atoms with van der Waals surface area (Å²) in [5, 5.41) is 7.57. The van der Waals surface area contributed by atoms with E-state index >= 15 is 0 Å². The van der Waals surface area contributed by atoms with Crippen molar-refractivity contribution in [1.29, 1.82) is 0 Å². The number of amides is 3. The highest BCUT2D eigenvalue weighted by molar-refractivity contribution is 7.12. The Morgan fingerprint density at radius 3 is 2.42 bits per heavy atom. The maximum atomic E-state index is 14.0. The second-order valence-corrected chi connectivity index (χ2v) is 10.5. The van der Waals surface area contributed by atoms with Crippen molar-refractivity contribution in [3.8, 4) is 11.5 Å². The van der Waals surface area contributed by atoms with E-state index in [9.17, 15) is 14.4 Å². The number of nitrogens with zero attached hydrogens (tertiary/aromatic N) is 1. The summed E-state index contributed by atoms with van der Waals surface area (Å²) in [6.45, 7) is 7.40. The molecule has 202 valence electrons. The van der Waals surface area contributed by atoms with Gasteiger partial charge in [0, 0.05) is 5.54 Å². The second kappa shape index (κ2) is 12.6. The molecule has 2 N–H and O–H groups in total. The summed E-state index contributed by atoms with van der Waals surface area (Å²) in [5.74, 6) is -0.240. The second-order valence-electron chi connectivity index (χ2n) is 9.50. The molecular formula is C29H35N3O5S. The topological polar surface area (TPSA) is 97.0 Å². The van der Waals surface area contributed by atoms with Gasteiger partial charge < -0.3 is 20.1 Å². The number of rotatable bonds is 11. The van der Waals surface area contributed by atoms with Gasteiger partial charge in [0.25, 0.3) is 5.91 Å². The molecule has 0 aliphatic heterocycles. The number of carbonyl (C=O) groups excluding carboxylic acids is 3. The first-order valence-electron chi connectivity index (χ1n) is 12.3. The number of nitrogens with one attached hydrogen (secondary N) is 2. The third-order valence-corrected chi connectivity index (χ3v) is 7.14. The highest BCUT2D eigenvalue weighted by atomic mass is 32.1. The van der Waals surface area contributed by atoms with E-state index in [1.165, 1.54) is 23.3 Å². The Labute approximate surface area is 228 Å². The van der Waals surface area contributed by atoms with Crippen molar-refractivity contribution in [2.45, 2.75) is 45.7 Å². The summed E-state index contributed by atoms with van der Waals surface area (Å²) in [7, 11) is 3.05. The molecule has 1 heterocycles. The Bertz CT molecular complexity index is 1270. The van der Waals surface area contributed by atoms with Crippen molar-refractivity contribution in [3.63, 3.8) is 0 Å². The molecule has 0 bridgehead atoms. The van der Waals surface area contributed by atoms with Crippen LogP contribution in [0.1, 0.15) is 54.0 Å². The van der Waals surface area contributed by atoms with Crippen molar-refractivity contribution in [2.75, 3.05) is 25.7 Å². The van der Waals surface area contributed by atoms with Crippen LogP contribution in [0, 0.1) is 6.92 Å². The average Bonchev–Trinajstić information content (AvgIpc) is 3.45. The van der Waals surface area contributed by atoms with Crippen LogP contribution in [0.15, 0.2) is 60.0 Å². The number of aryl methyl sites for hydroxylation is 1. The lowest BCUT2D eigenvalue weighted by Crippen LogP contribution is -2.52. The van der Waals surface area contributed by atoms with Crippen LogP contribution in [0.3, 0.4) is 0 Å². The number of anilines is 1. The number of hydrogen-bond donors (Lipinski definition) is 2. The van der Waals surface area contributed by atoms with Crippen molar-refractivity contribution >= 4 is 34.7 Å². The molecule has 1 atom stereocenters. The van der Waals surface area contributed by atoms with Gasteiger partial charge in [0.05, 0.1) is 31.3 Å². The summed E-state index contributed by atoms with van der Waals surface area (Å²) < 4.78 is 11.0. The highest BCUT2D eigenvalue weighted by Crippen LogP contribution is 2.37. The third kappa shape index (κ3) is 6.92. The largest absolute Gasteiger partial charge is 0.497 e. The van der Waals surface area contributed by atoms with Gasteiger partial charge in [-0.1, -0.05) is 31.2 Å². The van der Waals surface area contributed by atoms with Gasteiger partial charge in [0.2, 0.25) is 11.8 Å². The molecular weight excluding hydrogens is 502 g/mol. The van der Waals surface area contributed by atoms with E-state index in [1.54, 1.807) is 61.0 Å². The van der Waals surface area contributed by atoms with Crippen LogP contribution in [0.5, 0.6) is 11.5 Å². The molecule has 0 aliphatic carbocycles. The van der Waals surface area contributed by atoms with E-state index in [1.807, 2.05) is 33.8 Å². The van der Waals surface area contributed by atoms with Crippen molar-refractivity contribution < 1.29 is 23.9 Å². The molecule has 9 heteroatoms. The molecule has 38 heavy (non-hydrogen) atoms. The predicted octanol–water partition coefficient (Wildman–Crippen LogP) is 4.88. The lowest BCUT2D eigenvalue weighted by atomic mass is 9.97. The minimum Gasteiger partial charge on any atom is -0.497 e. The molecule has 2 aromatic carbocycles. The number of hydrogen-bond acceptors (Lipinski definition) is 6. The van der Waals surface area contributed by atoms with Gasteiger partial charge in [-0.25, -0.2) is 0 Å². The molecule has 3 rings (SSSR count). The number of ether oxygens (including phenoxy) is 2. The lowest BCUT2D eigenvalue weighted by Gasteiger charge is -2.35. The van der Waals surface area contributed by atoms with Gasteiger partial charge in [0.1, 0.15) is 17.5 Å². The fourth-order valence-corrected chi connectivity index (χ4v) is 4.50. The van der Waals surface area contributed by atoms with E-state index in [0.29, 0.717) is 34.0 Å². The Morgan fingerprint density at radius 1 is 1.03 bits per heavy atom. The molecule has 0 unspecified atom stereocenters. The SMILES string of the molecule is CCC(C)(C)NC(=O)[C@@H](c1cccc(OC)c1)N(C(=O)CNC(=O)c1cccs1)c1cc(C)ccc1OC. The van der Waals surface area contributed by atoms with Crippen LogP contribution in [0.2, 0.25) is 0 Å².